The second kappa shape index (κ2) is 2.67. The molecule has 1 aliphatic rings. The molecule has 1 rings (SSSR count). The normalized spacial score (nSPS) is 19.0. The van der Waals surface area contributed by atoms with Crippen LogP contribution in [0, 0.1) is 5.92 Å². The van der Waals surface area contributed by atoms with Gasteiger partial charge in [-0.05, 0) is 17.9 Å². The van der Waals surface area contributed by atoms with Crippen LogP contribution in [0.25, 0.3) is 0 Å². The molecular formula is C9H12. The van der Waals surface area contributed by atoms with E-state index in [9.17, 15) is 0 Å². The average Bonchev–Trinajstić information content (AvgIpc) is 1.90. The lowest BCUT2D eigenvalue weighted by Crippen LogP contribution is -1.92. The van der Waals surface area contributed by atoms with Gasteiger partial charge in [0.25, 0.3) is 0 Å². The van der Waals surface area contributed by atoms with Crippen LogP contribution in [0.3, 0.4) is 0 Å². The van der Waals surface area contributed by atoms with Crippen molar-refractivity contribution < 1.29 is 0 Å². The van der Waals surface area contributed by atoms with E-state index in [-0.39, 0.29) is 0 Å². The molecule has 0 saturated carbocycles. The zero-order valence-corrected chi connectivity index (χ0v) is 5.80. The van der Waals surface area contributed by atoms with E-state index in [2.05, 4.69) is 37.8 Å². The Kier molecular flexibility index (Phi) is 1.88. The van der Waals surface area contributed by atoms with E-state index >= 15 is 0 Å². The predicted octanol–water partition coefficient (Wildman–Crippen LogP) is 2.69. The van der Waals surface area contributed by atoms with Crippen molar-refractivity contribution in [1.29, 1.82) is 0 Å². The van der Waals surface area contributed by atoms with Crippen LogP contribution in [0.2, 0.25) is 0 Å². The van der Waals surface area contributed by atoms with E-state index in [0.717, 1.165) is 5.57 Å². The standard InChI is InChI=1S/C9H12/c1-3-9-6-4-8(2)5-7-9/h4-7,9H,2-3H2,1H3. The van der Waals surface area contributed by atoms with Crippen LogP contribution in [-0.4, -0.2) is 0 Å². The van der Waals surface area contributed by atoms with Crippen LogP contribution in [0.5, 0.6) is 0 Å². The Labute approximate surface area is 56.6 Å². The van der Waals surface area contributed by atoms with Gasteiger partial charge >= 0.3 is 0 Å². The average molecular weight is 120 g/mol. The van der Waals surface area contributed by atoms with Crippen molar-refractivity contribution in [3.05, 3.63) is 36.5 Å². The third kappa shape index (κ3) is 1.56. The second-order valence-corrected chi connectivity index (χ2v) is 2.37. The minimum atomic E-state index is 0.649. The topological polar surface area (TPSA) is 0 Å². The molecule has 0 unspecified atom stereocenters. The SMILES string of the molecule is C=C1C=CC(CC)C=C1. The molecule has 0 heterocycles. The number of rotatable bonds is 1. The maximum atomic E-state index is 3.81. The van der Waals surface area contributed by atoms with Gasteiger partial charge in [0.2, 0.25) is 0 Å². The lowest BCUT2D eigenvalue weighted by Gasteiger charge is -2.07. The van der Waals surface area contributed by atoms with Crippen molar-refractivity contribution >= 4 is 0 Å². The van der Waals surface area contributed by atoms with E-state index in [1.807, 2.05) is 0 Å². The van der Waals surface area contributed by atoms with E-state index < -0.39 is 0 Å². The molecule has 0 nitrogen and oxygen atoms in total. The molecule has 48 valence electrons. The molecule has 1 aliphatic carbocycles. The van der Waals surface area contributed by atoms with Crippen molar-refractivity contribution in [2.75, 3.05) is 0 Å². The van der Waals surface area contributed by atoms with Crippen LogP contribution < -0.4 is 0 Å². The monoisotopic (exact) mass is 120 g/mol. The Morgan fingerprint density at radius 1 is 1.44 bits per heavy atom. The summed E-state index contributed by atoms with van der Waals surface area (Å²) in [5.41, 5.74) is 1.11. The minimum absolute atomic E-state index is 0.649. The Morgan fingerprint density at radius 3 is 2.44 bits per heavy atom. The maximum absolute atomic E-state index is 3.81. The van der Waals surface area contributed by atoms with Gasteiger partial charge in [0.05, 0.1) is 0 Å². The molecule has 0 aromatic carbocycles. The van der Waals surface area contributed by atoms with Crippen molar-refractivity contribution in [2.24, 2.45) is 5.92 Å². The molecule has 9 heavy (non-hydrogen) atoms. The van der Waals surface area contributed by atoms with E-state index in [0.29, 0.717) is 5.92 Å². The molecule has 0 fully saturated rings. The summed E-state index contributed by atoms with van der Waals surface area (Å²) in [5.74, 6) is 0.649. The van der Waals surface area contributed by atoms with E-state index in [1.54, 1.807) is 0 Å². The molecule has 0 saturated heterocycles. The first-order valence-electron chi connectivity index (χ1n) is 3.38. The summed E-state index contributed by atoms with van der Waals surface area (Å²) in [5, 5.41) is 0. The Morgan fingerprint density at radius 2 is 2.00 bits per heavy atom. The number of allylic oxidation sites excluding steroid dienone is 5. The van der Waals surface area contributed by atoms with Crippen LogP contribution in [0.15, 0.2) is 36.5 Å². The third-order valence-electron chi connectivity index (χ3n) is 1.59. The highest BCUT2D eigenvalue weighted by molar-refractivity contribution is 5.32. The molecule has 0 spiro atoms. The summed E-state index contributed by atoms with van der Waals surface area (Å²) in [6.07, 6.45) is 9.74. The molecule has 0 amide bonds. The van der Waals surface area contributed by atoms with Gasteiger partial charge in [-0.15, -0.1) is 0 Å². The lowest BCUT2D eigenvalue weighted by molar-refractivity contribution is 0.768. The summed E-state index contributed by atoms with van der Waals surface area (Å²) < 4.78 is 0. The highest BCUT2D eigenvalue weighted by atomic mass is 14.0. The van der Waals surface area contributed by atoms with Crippen molar-refractivity contribution in [3.8, 4) is 0 Å². The van der Waals surface area contributed by atoms with Gasteiger partial charge in [0.15, 0.2) is 0 Å². The maximum Gasteiger partial charge on any atom is -0.00495 e. The first-order chi connectivity index (χ1) is 4.33. The highest BCUT2D eigenvalue weighted by Crippen LogP contribution is 2.14. The van der Waals surface area contributed by atoms with E-state index in [1.165, 1.54) is 6.42 Å². The zero-order chi connectivity index (χ0) is 6.69. The van der Waals surface area contributed by atoms with Crippen molar-refractivity contribution in [2.45, 2.75) is 13.3 Å². The summed E-state index contributed by atoms with van der Waals surface area (Å²) in [4.78, 5) is 0. The molecule has 0 aromatic rings. The quantitative estimate of drug-likeness (QED) is 0.499. The fourth-order valence-corrected chi connectivity index (χ4v) is 0.886. The molecule has 0 radical (unpaired) electrons. The first-order valence-corrected chi connectivity index (χ1v) is 3.38. The molecule has 0 atom stereocenters. The van der Waals surface area contributed by atoms with Gasteiger partial charge < -0.3 is 0 Å². The van der Waals surface area contributed by atoms with Gasteiger partial charge in [0.1, 0.15) is 0 Å². The first kappa shape index (κ1) is 6.34. The second-order valence-electron chi connectivity index (χ2n) is 2.37. The summed E-state index contributed by atoms with van der Waals surface area (Å²) in [6, 6.07) is 0. The summed E-state index contributed by atoms with van der Waals surface area (Å²) >= 11 is 0. The van der Waals surface area contributed by atoms with Crippen LogP contribution in [0.1, 0.15) is 13.3 Å². The van der Waals surface area contributed by atoms with Gasteiger partial charge in [-0.1, -0.05) is 37.8 Å². The van der Waals surface area contributed by atoms with Crippen LogP contribution in [0.4, 0.5) is 0 Å². The molecule has 0 aliphatic heterocycles. The Hall–Kier alpha value is -0.780. The number of hydrogen-bond donors (Lipinski definition) is 0. The summed E-state index contributed by atoms with van der Waals surface area (Å²) in [7, 11) is 0. The fourth-order valence-electron chi connectivity index (χ4n) is 0.886. The largest absolute Gasteiger partial charge is 0.0918 e. The highest BCUT2D eigenvalue weighted by Gasteiger charge is 1.98. The summed E-state index contributed by atoms with van der Waals surface area (Å²) in [6.45, 7) is 6.00. The predicted molar refractivity (Wildman–Crippen MR) is 41.2 cm³/mol. The molecule has 0 bridgehead atoms. The molecule has 0 N–H and O–H groups in total. The minimum Gasteiger partial charge on any atom is -0.0918 e. The van der Waals surface area contributed by atoms with E-state index in [4.69, 9.17) is 0 Å². The number of hydrogen-bond acceptors (Lipinski definition) is 0. The van der Waals surface area contributed by atoms with Gasteiger partial charge in [-0.25, -0.2) is 0 Å². The Bertz CT molecular complexity index is 145. The molecular weight excluding hydrogens is 108 g/mol. The van der Waals surface area contributed by atoms with Crippen LogP contribution in [-0.2, 0) is 0 Å². The van der Waals surface area contributed by atoms with Crippen molar-refractivity contribution in [1.82, 2.24) is 0 Å². The van der Waals surface area contributed by atoms with Crippen LogP contribution >= 0.6 is 0 Å². The zero-order valence-electron chi connectivity index (χ0n) is 5.80. The third-order valence-corrected chi connectivity index (χ3v) is 1.59. The van der Waals surface area contributed by atoms with Gasteiger partial charge in [-0.3, -0.25) is 0 Å². The Balaban J connectivity index is 2.58. The fraction of sp³-hybridized carbons (Fsp3) is 0.333. The van der Waals surface area contributed by atoms with Crippen molar-refractivity contribution in [3.63, 3.8) is 0 Å². The van der Waals surface area contributed by atoms with Gasteiger partial charge in [0, 0.05) is 0 Å². The molecule has 0 aromatic heterocycles. The van der Waals surface area contributed by atoms with Gasteiger partial charge in [-0.2, -0.15) is 0 Å². The lowest BCUT2D eigenvalue weighted by atomic mass is 9.99. The molecule has 0 heteroatoms. The smallest absolute Gasteiger partial charge is 0.00495 e.